The Labute approximate surface area is 174 Å². The van der Waals surface area contributed by atoms with Gasteiger partial charge >= 0.3 is 5.97 Å². The molecule has 3 aromatic rings. The smallest absolute Gasteiger partial charge is 0.312 e. The van der Waals surface area contributed by atoms with Crippen LogP contribution in [0.5, 0.6) is 5.75 Å². The van der Waals surface area contributed by atoms with E-state index < -0.39 is 23.2 Å². The summed E-state index contributed by atoms with van der Waals surface area (Å²) in [6.07, 6.45) is 1.14. The number of benzene rings is 3. The number of hydrogen-bond acceptors (Lipinski definition) is 5. The molecule has 0 heterocycles. The van der Waals surface area contributed by atoms with E-state index in [4.69, 9.17) is 9.94 Å². The average Bonchev–Trinajstić information content (AvgIpc) is 3.50. The Morgan fingerprint density at radius 2 is 1.80 bits per heavy atom. The molecule has 0 aromatic heterocycles. The average molecular weight is 405 g/mol. The van der Waals surface area contributed by atoms with E-state index in [9.17, 15) is 14.7 Å². The third-order valence-electron chi connectivity index (χ3n) is 5.97. The molecule has 1 saturated carbocycles. The van der Waals surface area contributed by atoms with Crippen LogP contribution in [0.2, 0.25) is 0 Å². The molecule has 3 N–H and O–H groups in total. The fraction of sp³-hybridized carbons (Fsp3) is 0.250. The van der Waals surface area contributed by atoms with E-state index in [-0.39, 0.29) is 5.75 Å². The van der Waals surface area contributed by atoms with Crippen LogP contribution in [0.15, 0.2) is 60.7 Å². The summed E-state index contributed by atoms with van der Waals surface area (Å²) >= 11 is 0. The minimum absolute atomic E-state index is 0.180. The topological polar surface area (TPSA) is 95.9 Å². The molecule has 30 heavy (non-hydrogen) atoms. The lowest BCUT2D eigenvalue weighted by Gasteiger charge is -2.16. The van der Waals surface area contributed by atoms with Crippen molar-refractivity contribution in [3.8, 4) is 5.75 Å². The number of carbonyl (C=O) groups excluding carboxylic acids is 2. The molecule has 1 amide bonds. The van der Waals surface area contributed by atoms with Gasteiger partial charge in [0.1, 0.15) is 5.75 Å². The van der Waals surface area contributed by atoms with Gasteiger partial charge in [-0.15, -0.1) is 0 Å². The number of esters is 1. The lowest BCUT2D eigenvalue weighted by molar-refractivity contribution is -0.149. The summed E-state index contributed by atoms with van der Waals surface area (Å²) in [6, 6.07) is 19.5. The van der Waals surface area contributed by atoms with Gasteiger partial charge in [0.05, 0.1) is 18.4 Å². The zero-order valence-electron chi connectivity index (χ0n) is 16.6. The van der Waals surface area contributed by atoms with Crippen LogP contribution in [0.4, 0.5) is 0 Å². The summed E-state index contributed by atoms with van der Waals surface area (Å²) < 4.78 is 4.92. The lowest BCUT2D eigenvalue weighted by atomic mass is 9.91. The second-order valence-corrected chi connectivity index (χ2v) is 7.88. The normalized spacial score (nSPS) is 20.0. The number of hydroxylamine groups is 1. The summed E-state index contributed by atoms with van der Waals surface area (Å²) in [5, 5.41) is 21.6. The van der Waals surface area contributed by atoms with Crippen molar-refractivity contribution in [3.05, 3.63) is 77.4 Å². The number of fused-ring (bicyclic) bond motifs is 1. The Bertz CT molecular complexity index is 1130. The Hall–Kier alpha value is -3.38. The Kier molecular flexibility index (Phi) is 5.18. The highest BCUT2D eigenvalue weighted by Crippen LogP contribution is 2.56. The van der Waals surface area contributed by atoms with Crippen molar-refractivity contribution in [1.82, 2.24) is 5.48 Å². The maximum absolute atomic E-state index is 12.4. The summed E-state index contributed by atoms with van der Waals surface area (Å²) in [4.78, 5) is 24.2. The third kappa shape index (κ3) is 3.62. The fourth-order valence-electron chi connectivity index (χ4n) is 4.25. The van der Waals surface area contributed by atoms with Gasteiger partial charge in [0.25, 0.3) is 0 Å². The number of nitrogens with one attached hydrogen (secondary N) is 1. The van der Waals surface area contributed by atoms with Crippen LogP contribution < -0.4 is 5.48 Å². The zero-order valence-corrected chi connectivity index (χ0v) is 16.6. The first-order chi connectivity index (χ1) is 14.5. The molecule has 6 heteroatoms. The molecule has 0 saturated heterocycles. The number of hydrogen-bond donors (Lipinski definition) is 3. The highest BCUT2D eigenvalue weighted by Gasteiger charge is 2.64. The first-order valence-electron chi connectivity index (χ1n) is 9.77. The monoisotopic (exact) mass is 405 g/mol. The van der Waals surface area contributed by atoms with Gasteiger partial charge in [-0.25, -0.2) is 5.48 Å². The van der Waals surface area contributed by atoms with E-state index >= 15 is 0 Å². The number of aromatic hydroxyl groups is 1. The number of methoxy groups -OCH3 is 1. The van der Waals surface area contributed by atoms with Crippen LogP contribution in [0.3, 0.4) is 0 Å². The SMILES string of the molecule is COC(=O)C1(Cc2ccc(O)c(Cc3ccc4ccccc4c3)c2)CC1C(=O)NO. The van der Waals surface area contributed by atoms with Crippen LogP contribution in [0, 0.1) is 11.3 Å². The maximum Gasteiger partial charge on any atom is 0.312 e. The van der Waals surface area contributed by atoms with Crippen LogP contribution in [0.1, 0.15) is 23.1 Å². The molecule has 0 radical (unpaired) electrons. The molecule has 0 spiro atoms. The minimum atomic E-state index is -0.987. The number of phenols is 1. The number of carbonyl (C=O) groups is 2. The molecule has 0 bridgehead atoms. The minimum Gasteiger partial charge on any atom is -0.508 e. The fourth-order valence-corrected chi connectivity index (χ4v) is 4.25. The van der Waals surface area contributed by atoms with Gasteiger partial charge in [0.2, 0.25) is 5.91 Å². The van der Waals surface area contributed by atoms with E-state index in [0.29, 0.717) is 19.3 Å². The van der Waals surface area contributed by atoms with Crippen molar-refractivity contribution < 1.29 is 24.6 Å². The highest BCUT2D eigenvalue weighted by molar-refractivity contribution is 5.93. The van der Waals surface area contributed by atoms with Gasteiger partial charge in [0.15, 0.2) is 0 Å². The Morgan fingerprint density at radius 1 is 1.07 bits per heavy atom. The van der Waals surface area contributed by atoms with Crippen molar-refractivity contribution in [2.75, 3.05) is 7.11 Å². The third-order valence-corrected chi connectivity index (χ3v) is 5.97. The van der Waals surface area contributed by atoms with E-state index in [0.717, 1.165) is 27.5 Å². The summed E-state index contributed by atoms with van der Waals surface area (Å²) in [7, 11) is 1.29. The van der Waals surface area contributed by atoms with Gasteiger partial charge in [-0.1, -0.05) is 54.6 Å². The summed E-state index contributed by atoms with van der Waals surface area (Å²) in [5.41, 5.74) is 3.27. The quantitative estimate of drug-likeness (QED) is 0.332. The molecule has 2 unspecified atom stereocenters. The molecule has 3 aromatic carbocycles. The molecular formula is C24H23NO5. The molecular weight excluding hydrogens is 382 g/mol. The summed E-state index contributed by atoms with van der Waals surface area (Å²) in [6.45, 7) is 0. The number of ether oxygens (including phenoxy) is 1. The molecule has 4 rings (SSSR count). The Morgan fingerprint density at radius 3 is 2.53 bits per heavy atom. The predicted octanol–water partition coefficient (Wildman–Crippen LogP) is 3.36. The lowest BCUT2D eigenvalue weighted by Crippen LogP contribution is -2.30. The number of rotatable bonds is 6. The van der Waals surface area contributed by atoms with E-state index in [2.05, 4.69) is 24.3 Å². The molecule has 154 valence electrons. The van der Waals surface area contributed by atoms with Crippen LogP contribution >= 0.6 is 0 Å². The first-order valence-corrected chi connectivity index (χ1v) is 9.77. The van der Waals surface area contributed by atoms with E-state index in [1.54, 1.807) is 17.6 Å². The van der Waals surface area contributed by atoms with Gasteiger partial charge in [-0.05, 0) is 46.4 Å². The van der Waals surface area contributed by atoms with Gasteiger partial charge in [0, 0.05) is 6.42 Å². The second-order valence-electron chi connectivity index (χ2n) is 7.88. The largest absolute Gasteiger partial charge is 0.508 e. The van der Waals surface area contributed by atoms with Crippen LogP contribution in [-0.4, -0.2) is 29.3 Å². The van der Waals surface area contributed by atoms with Crippen molar-refractivity contribution in [1.29, 1.82) is 0 Å². The number of phenolic OH excluding ortho intramolecular Hbond substituents is 1. The van der Waals surface area contributed by atoms with Crippen molar-refractivity contribution >= 4 is 22.6 Å². The molecule has 1 fully saturated rings. The Balaban J connectivity index is 1.59. The zero-order chi connectivity index (χ0) is 21.3. The standard InChI is InChI=1S/C24H23NO5/c1-30-23(28)24(14-20(24)22(27)25-29)13-16-7-9-21(26)19(12-16)11-15-6-8-17-4-2-3-5-18(17)10-15/h2-10,12,20,26,29H,11,13-14H2,1H3,(H,25,27). The molecule has 6 nitrogen and oxygen atoms in total. The summed E-state index contributed by atoms with van der Waals surface area (Å²) in [5.74, 6) is -1.51. The van der Waals surface area contributed by atoms with Crippen LogP contribution in [0.25, 0.3) is 10.8 Å². The highest BCUT2D eigenvalue weighted by atomic mass is 16.5. The van der Waals surface area contributed by atoms with Crippen molar-refractivity contribution in [2.45, 2.75) is 19.3 Å². The molecule has 2 atom stereocenters. The van der Waals surface area contributed by atoms with E-state index in [1.165, 1.54) is 7.11 Å². The number of amides is 1. The van der Waals surface area contributed by atoms with Gasteiger partial charge in [-0.2, -0.15) is 0 Å². The molecule has 1 aliphatic rings. The van der Waals surface area contributed by atoms with Crippen molar-refractivity contribution in [2.24, 2.45) is 11.3 Å². The van der Waals surface area contributed by atoms with Gasteiger partial charge < -0.3 is 9.84 Å². The van der Waals surface area contributed by atoms with Crippen LogP contribution in [-0.2, 0) is 27.2 Å². The first kappa shape index (κ1) is 19.9. The van der Waals surface area contributed by atoms with Gasteiger partial charge in [-0.3, -0.25) is 14.8 Å². The van der Waals surface area contributed by atoms with E-state index in [1.807, 2.05) is 24.3 Å². The predicted molar refractivity (Wildman–Crippen MR) is 111 cm³/mol. The maximum atomic E-state index is 12.4. The second kappa shape index (κ2) is 7.80. The molecule has 0 aliphatic heterocycles. The van der Waals surface area contributed by atoms with Crippen molar-refractivity contribution in [3.63, 3.8) is 0 Å². The molecule has 1 aliphatic carbocycles.